The van der Waals surface area contributed by atoms with E-state index in [9.17, 15) is 4.79 Å². The summed E-state index contributed by atoms with van der Waals surface area (Å²) < 4.78 is 0. The van der Waals surface area contributed by atoms with Crippen LogP contribution in [0.5, 0.6) is 0 Å². The monoisotopic (exact) mass is 170 g/mol. The van der Waals surface area contributed by atoms with Gasteiger partial charge in [0.25, 0.3) is 0 Å². The van der Waals surface area contributed by atoms with Crippen molar-refractivity contribution in [1.29, 1.82) is 0 Å². The summed E-state index contributed by atoms with van der Waals surface area (Å²) in [6.45, 7) is 8.18. The van der Waals surface area contributed by atoms with Gasteiger partial charge in [0.2, 0.25) is 0 Å². The van der Waals surface area contributed by atoms with Crippen LogP contribution in [0.15, 0.2) is 0 Å². The van der Waals surface area contributed by atoms with E-state index in [1.54, 1.807) is 6.92 Å². The number of ketones is 1. The molecule has 12 heavy (non-hydrogen) atoms. The van der Waals surface area contributed by atoms with Crippen LogP contribution in [0.3, 0.4) is 0 Å². The third kappa shape index (κ3) is 5.34. The van der Waals surface area contributed by atoms with E-state index in [-0.39, 0.29) is 5.92 Å². The van der Waals surface area contributed by atoms with Gasteiger partial charge in [0.15, 0.2) is 0 Å². The second-order valence-corrected chi connectivity index (χ2v) is 3.99. The quantitative estimate of drug-likeness (QED) is 0.597. The summed E-state index contributed by atoms with van der Waals surface area (Å²) in [5.41, 5.74) is 0. The lowest BCUT2D eigenvalue weighted by Crippen LogP contribution is -2.10. The Morgan fingerprint density at radius 1 is 1.33 bits per heavy atom. The Labute approximate surface area is 76.6 Å². The molecule has 2 atom stereocenters. The van der Waals surface area contributed by atoms with Gasteiger partial charge >= 0.3 is 0 Å². The molecule has 0 N–H and O–H groups in total. The molecule has 0 fully saturated rings. The molecule has 0 aliphatic heterocycles. The standard InChI is InChI=1S/C11H22O/c1-5-6-7-9(2)8-10(3)11(4)12/h9-10H,5-8H2,1-4H3. The van der Waals surface area contributed by atoms with Crippen molar-refractivity contribution in [3.8, 4) is 0 Å². The number of carbonyl (C=O) groups is 1. The van der Waals surface area contributed by atoms with Gasteiger partial charge in [-0.2, -0.15) is 0 Å². The normalized spacial score (nSPS) is 15.7. The van der Waals surface area contributed by atoms with Crippen LogP contribution in [-0.2, 0) is 4.79 Å². The molecular formula is C11H22O. The number of unbranched alkanes of at least 4 members (excludes halogenated alkanes) is 1. The van der Waals surface area contributed by atoms with Crippen molar-refractivity contribution < 1.29 is 4.79 Å². The van der Waals surface area contributed by atoms with Gasteiger partial charge in [-0.3, -0.25) is 4.79 Å². The van der Waals surface area contributed by atoms with Crippen molar-refractivity contribution in [1.82, 2.24) is 0 Å². The molecule has 0 aliphatic rings. The number of hydrogen-bond acceptors (Lipinski definition) is 1. The summed E-state index contributed by atoms with van der Waals surface area (Å²) in [5, 5.41) is 0. The highest BCUT2D eigenvalue weighted by Crippen LogP contribution is 2.17. The van der Waals surface area contributed by atoms with Crippen LogP contribution >= 0.6 is 0 Å². The molecule has 0 bridgehead atoms. The third-order valence-electron chi connectivity index (χ3n) is 2.50. The molecule has 0 saturated heterocycles. The highest BCUT2D eigenvalue weighted by molar-refractivity contribution is 5.77. The first kappa shape index (κ1) is 11.7. The maximum atomic E-state index is 11.0. The average Bonchev–Trinajstić information content (AvgIpc) is 2.00. The van der Waals surface area contributed by atoms with E-state index in [2.05, 4.69) is 13.8 Å². The molecular weight excluding hydrogens is 148 g/mol. The minimum absolute atomic E-state index is 0.261. The van der Waals surface area contributed by atoms with Crippen molar-refractivity contribution in [3.05, 3.63) is 0 Å². The van der Waals surface area contributed by atoms with Crippen LogP contribution < -0.4 is 0 Å². The minimum Gasteiger partial charge on any atom is -0.300 e. The van der Waals surface area contributed by atoms with Gasteiger partial charge in [0.1, 0.15) is 5.78 Å². The SMILES string of the molecule is CCCCC(C)CC(C)C(C)=O. The van der Waals surface area contributed by atoms with Crippen molar-refractivity contribution in [2.75, 3.05) is 0 Å². The van der Waals surface area contributed by atoms with Crippen molar-refractivity contribution >= 4 is 5.78 Å². The number of hydrogen-bond donors (Lipinski definition) is 0. The van der Waals surface area contributed by atoms with Crippen LogP contribution in [0.4, 0.5) is 0 Å². The van der Waals surface area contributed by atoms with Gasteiger partial charge in [-0.1, -0.05) is 40.0 Å². The summed E-state index contributed by atoms with van der Waals surface area (Å²) in [4.78, 5) is 11.0. The van der Waals surface area contributed by atoms with Crippen LogP contribution in [0.25, 0.3) is 0 Å². The van der Waals surface area contributed by atoms with Crippen LogP contribution in [0, 0.1) is 11.8 Å². The Kier molecular flexibility index (Phi) is 6.04. The van der Waals surface area contributed by atoms with E-state index in [1.165, 1.54) is 19.3 Å². The average molecular weight is 170 g/mol. The van der Waals surface area contributed by atoms with Gasteiger partial charge < -0.3 is 0 Å². The maximum absolute atomic E-state index is 11.0. The lowest BCUT2D eigenvalue weighted by molar-refractivity contribution is -0.120. The van der Waals surface area contributed by atoms with Crippen molar-refractivity contribution in [3.63, 3.8) is 0 Å². The Morgan fingerprint density at radius 2 is 1.92 bits per heavy atom. The predicted molar refractivity (Wildman–Crippen MR) is 53.2 cm³/mol. The lowest BCUT2D eigenvalue weighted by atomic mass is 9.91. The minimum atomic E-state index is 0.261. The summed E-state index contributed by atoms with van der Waals surface area (Å²) in [5.74, 6) is 1.30. The molecule has 0 aromatic carbocycles. The summed E-state index contributed by atoms with van der Waals surface area (Å²) in [7, 11) is 0. The highest BCUT2D eigenvalue weighted by Gasteiger charge is 2.11. The first-order valence-corrected chi connectivity index (χ1v) is 5.08. The largest absolute Gasteiger partial charge is 0.300 e. The number of carbonyl (C=O) groups excluding carboxylic acids is 1. The topological polar surface area (TPSA) is 17.1 Å². The molecule has 0 aliphatic carbocycles. The van der Waals surface area contributed by atoms with Gasteiger partial charge in [0, 0.05) is 5.92 Å². The van der Waals surface area contributed by atoms with Crippen molar-refractivity contribution in [2.45, 2.75) is 53.4 Å². The Bertz CT molecular complexity index is 129. The molecule has 0 heterocycles. The highest BCUT2D eigenvalue weighted by atomic mass is 16.1. The maximum Gasteiger partial charge on any atom is 0.132 e. The van der Waals surface area contributed by atoms with Crippen molar-refractivity contribution in [2.24, 2.45) is 11.8 Å². The zero-order valence-electron chi connectivity index (χ0n) is 8.89. The smallest absolute Gasteiger partial charge is 0.132 e. The summed E-state index contributed by atoms with van der Waals surface area (Å²) in [6.07, 6.45) is 4.90. The molecule has 0 rings (SSSR count). The van der Waals surface area contributed by atoms with Gasteiger partial charge in [-0.05, 0) is 19.3 Å². The second-order valence-electron chi connectivity index (χ2n) is 3.99. The van der Waals surface area contributed by atoms with Crippen LogP contribution in [-0.4, -0.2) is 5.78 Å². The first-order valence-electron chi connectivity index (χ1n) is 5.08. The van der Waals surface area contributed by atoms with E-state index in [0.717, 1.165) is 6.42 Å². The Hall–Kier alpha value is -0.330. The molecule has 0 aromatic rings. The summed E-state index contributed by atoms with van der Waals surface area (Å²) in [6, 6.07) is 0. The fourth-order valence-corrected chi connectivity index (χ4v) is 1.44. The molecule has 0 radical (unpaired) electrons. The third-order valence-corrected chi connectivity index (χ3v) is 2.50. The van der Waals surface area contributed by atoms with E-state index in [1.807, 2.05) is 6.92 Å². The fraction of sp³-hybridized carbons (Fsp3) is 0.909. The molecule has 0 aromatic heterocycles. The van der Waals surface area contributed by atoms with Crippen LogP contribution in [0.2, 0.25) is 0 Å². The zero-order valence-corrected chi connectivity index (χ0v) is 8.89. The molecule has 1 heteroatoms. The molecule has 72 valence electrons. The molecule has 0 saturated carbocycles. The van der Waals surface area contributed by atoms with E-state index < -0.39 is 0 Å². The van der Waals surface area contributed by atoms with Gasteiger partial charge in [0.05, 0.1) is 0 Å². The van der Waals surface area contributed by atoms with Gasteiger partial charge in [-0.15, -0.1) is 0 Å². The molecule has 2 unspecified atom stereocenters. The van der Waals surface area contributed by atoms with E-state index in [0.29, 0.717) is 11.7 Å². The lowest BCUT2D eigenvalue weighted by Gasteiger charge is -2.14. The molecule has 0 spiro atoms. The Morgan fingerprint density at radius 3 is 2.33 bits per heavy atom. The van der Waals surface area contributed by atoms with Crippen LogP contribution in [0.1, 0.15) is 53.4 Å². The number of rotatable bonds is 6. The van der Waals surface area contributed by atoms with Gasteiger partial charge in [-0.25, -0.2) is 0 Å². The number of Topliss-reactive ketones (excluding diaryl/α,β-unsaturated/α-hetero) is 1. The first-order chi connectivity index (χ1) is 5.57. The molecule has 1 nitrogen and oxygen atoms in total. The van der Waals surface area contributed by atoms with E-state index >= 15 is 0 Å². The molecule has 0 amide bonds. The fourth-order valence-electron chi connectivity index (χ4n) is 1.44. The second kappa shape index (κ2) is 6.22. The Balaban J connectivity index is 3.53. The zero-order chi connectivity index (χ0) is 9.56. The predicted octanol–water partition coefficient (Wildman–Crippen LogP) is 3.43. The summed E-state index contributed by atoms with van der Waals surface area (Å²) >= 11 is 0. The van der Waals surface area contributed by atoms with E-state index in [4.69, 9.17) is 0 Å².